The first-order valence-corrected chi connectivity index (χ1v) is 9.21. The number of anilines is 1. The van der Waals surface area contributed by atoms with Gasteiger partial charge in [-0.2, -0.15) is 0 Å². The van der Waals surface area contributed by atoms with E-state index in [1.54, 1.807) is 0 Å². The third kappa shape index (κ3) is 2.66. The molecule has 3 aromatic carbocycles. The highest BCUT2D eigenvalue weighted by molar-refractivity contribution is 5.97. The summed E-state index contributed by atoms with van der Waals surface area (Å²) in [5.74, 6) is 0.860. The molecule has 5 rings (SSSR count). The van der Waals surface area contributed by atoms with Gasteiger partial charge < -0.3 is 10.6 Å². The van der Waals surface area contributed by atoms with E-state index < -0.39 is 0 Å². The van der Waals surface area contributed by atoms with Crippen molar-refractivity contribution in [1.29, 1.82) is 0 Å². The molecule has 0 aromatic heterocycles. The van der Waals surface area contributed by atoms with Crippen molar-refractivity contribution in [1.82, 2.24) is 5.32 Å². The van der Waals surface area contributed by atoms with Gasteiger partial charge in [-0.1, -0.05) is 72.8 Å². The lowest BCUT2D eigenvalue weighted by Crippen LogP contribution is -2.36. The number of hydrogen-bond donors (Lipinski definition) is 2. The normalized spacial score (nSPS) is 20.5. The predicted molar refractivity (Wildman–Crippen MR) is 106 cm³/mol. The zero-order valence-corrected chi connectivity index (χ0v) is 14.5. The van der Waals surface area contributed by atoms with E-state index in [9.17, 15) is 0 Å². The molecule has 2 N–H and O–H groups in total. The van der Waals surface area contributed by atoms with Gasteiger partial charge in [0.15, 0.2) is 5.96 Å². The lowest BCUT2D eigenvalue weighted by atomic mass is 9.96. The quantitative estimate of drug-likeness (QED) is 0.701. The van der Waals surface area contributed by atoms with Crippen LogP contribution < -0.4 is 10.6 Å². The topological polar surface area (TPSA) is 36.4 Å². The highest BCUT2D eigenvalue weighted by Crippen LogP contribution is 2.36. The van der Waals surface area contributed by atoms with E-state index in [0.717, 1.165) is 24.5 Å². The fraction of sp³-hybridized carbons (Fsp3) is 0.174. The Balaban J connectivity index is 1.49. The smallest absolute Gasteiger partial charge is 0.197 e. The van der Waals surface area contributed by atoms with Crippen LogP contribution in [0.1, 0.15) is 40.8 Å². The number of hydrogen-bond acceptors (Lipinski definition) is 3. The summed E-state index contributed by atoms with van der Waals surface area (Å²) >= 11 is 0. The maximum atomic E-state index is 5.02. The predicted octanol–water partition coefficient (Wildman–Crippen LogP) is 4.83. The molecule has 2 unspecified atom stereocenters. The molecule has 0 spiro atoms. The van der Waals surface area contributed by atoms with Crippen molar-refractivity contribution in [3.8, 4) is 0 Å². The number of benzene rings is 3. The molecule has 26 heavy (non-hydrogen) atoms. The molecule has 3 aromatic rings. The van der Waals surface area contributed by atoms with Gasteiger partial charge in [0.1, 0.15) is 6.04 Å². The summed E-state index contributed by atoms with van der Waals surface area (Å²) in [6.07, 6.45) is 2.23. The minimum Gasteiger partial charge on any atom is -0.349 e. The van der Waals surface area contributed by atoms with Gasteiger partial charge >= 0.3 is 0 Å². The van der Waals surface area contributed by atoms with Crippen LogP contribution in [0.15, 0.2) is 83.9 Å². The fourth-order valence-corrected chi connectivity index (χ4v) is 4.04. The second-order valence-corrected chi connectivity index (χ2v) is 6.94. The van der Waals surface area contributed by atoms with Crippen LogP contribution in [0.4, 0.5) is 5.69 Å². The Kier molecular flexibility index (Phi) is 3.71. The van der Waals surface area contributed by atoms with E-state index in [0.29, 0.717) is 6.04 Å². The molecule has 0 radical (unpaired) electrons. The van der Waals surface area contributed by atoms with Crippen LogP contribution in [0, 0.1) is 0 Å². The van der Waals surface area contributed by atoms with Crippen LogP contribution in [-0.2, 0) is 6.42 Å². The summed E-state index contributed by atoms with van der Waals surface area (Å²) in [5.41, 5.74) is 6.40. The fourth-order valence-electron chi connectivity index (χ4n) is 4.04. The second-order valence-electron chi connectivity index (χ2n) is 6.94. The molecule has 2 atom stereocenters. The van der Waals surface area contributed by atoms with E-state index in [-0.39, 0.29) is 6.04 Å². The molecule has 1 aliphatic heterocycles. The summed E-state index contributed by atoms with van der Waals surface area (Å²) < 4.78 is 0. The molecule has 0 bridgehead atoms. The van der Waals surface area contributed by atoms with Gasteiger partial charge in [0, 0.05) is 11.3 Å². The Morgan fingerprint density at radius 2 is 1.54 bits per heavy atom. The molecule has 0 amide bonds. The molecular formula is C23H21N3. The number of fused-ring (bicyclic) bond motifs is 2. The summed E-state index contributed by atoms with van der Waals surface area (Å²) in [4.78, 5) is 5.02. The Labute approximate surface area is 153 Å². The van der Waals surface area contributed by atoms with Gasteiger partial charge in [-0.3, -0.25) is 0 Å². The minimum atomic E-state index is 0.0211. The van der Waals surface area contributed by atoms with Gasteiger partial charge in [0.25, 0.3) is 0 Å². The maximum absolute atomic E-state index is 5.02. The molecule has 1 heterocycles. The molecule has 3 nitrogen and oxygen atoms in total. The molecule has 2 aliphatic rings. The largest absolute Gasteiger partial charge is 0.349 e. The number of nitrogens with zero attached hydrogens (tertiary/aromatic N) is 1. The van der Waals surface area contributed by atoms with Crippen LogP contribution in [0.5, 0.6) is 0 Å². The van der Waals surface area contributed by atoms with Crippen LogP contribution >= 0.6 is 0 Å². The molecular weight excluding hydrogens is 318 g/mol. The van der Waals surface area contributed by atoms with Gasteiger partial charge in [0.05, 0.1) is 6.04 Å². The SMILES string of the molecule is c1ccc(C2N=C(NC3CCc4ccccc43)Nc3ccccc32)cc1. The third-order valence-corrected chi connectivity index (χ3v) is 5.33. The molecule has 1 aliphatic carbocycles. The van der Waals surface area contributed by atoms with E-state index in [2.05, 4.69) is 89.5 Å². The molecule has 0 saturated carbocycles. The van der Waals surface area contributed by atoms with Crippen LogP contribution in [0.3, 0.4) is 0 Å². The Bertz CT molecular complexity index is 962. The van der Waals surface area contributed by atoms with Crippen molar-refractivity contribution < 1.29 is 0 Å². The standard InChI is InChI=1S/C23H21N3/c1-2-9-17(10-3-1)22-19-12-6-7-13-20(19)24-23(26-22)25-21-15-14-16-8-4-5-11-18(16)21/h1-13,21-22H,14-15H2,(H2,24,25,26). The summed E-state index contributed by atoms with van der Waals surface area (Å²) in [6, 6.07) is 28.0. The highest BCUT2D eigenvalue weighted by atomic mass is 15.2. The van der Waals surface area contributed by atoms with Crippen molar-refractivity contribution in [3.63, 3.8) is 0 Å². The van der Waals surface area contributed by atoms with E-state index in [1.165, 1.54) is 22.3 Å². The van der Waals surface area contributed by atoms with E-state index in [1.807, 2.05) is 0 Å². The van der Waals surface area contributed by atoms with Crippen molar-refractivity contribution in [2.45, 2.75) is 24.9 Å². The Morgan fingerprint density at radius 3 is 2.42 bits per heavy atom. The maximum Gasteiger partial charge on any atom is 0.197 e. The second kappa shape index (κ2) is 6.34. The van der Waals surface area contributed by atoms with Crippen molar-refractivity contribution in [2.24, 2.45) is 4.99 Å². The minimum absolute atomic E-state index is 0.0211. The average molecular weight is 339 g/mol. The van der Waals surface area contributed by atoms with Gasteiger partial charge in [-0.25, -0.2) is 4.99 Å². The zero-order chi connectivity index (χ0) is 17.3. The number of para-hydroxylation sites is 1. The van der Waals surface area contributed by atoms with Gasteiger partial charge in [-0.05, 0) is 35.6 Å². The van der Waals surface area contributed by atoms with Crippen LogP contribution in [0.2, 0.25) is 0 Å². The van der Waals surface area contributed by atoms with Crippen LogP contribution in [0.25, 0.3) is 0 Å². The van der Waals surface area contributed by atoms with Gasteiger partial charge in [0.2, 0.25) is 0 Å². The number of aliphatic imine (C=N–C) groups is 1. The molecule has 0 saturated heterocycles. The summed E-state index contributed by atoms with van der Waals surface area (Å²) in [7, 11) is 0. The monoisotopic (exact) mass is 339 g/mol. The summed E-state index contributed by atoms with van der Waals surface area (Å²) in [6.45, 7) is 0. The zero-order valence-electron chi connectivity index (χ0n) is 14.5. The van der Waals surface area contributed by atoms with Crippen molar-refractivity contribution in [3.05, 3.63) is 101 Å². The van der Waals surface area contributed by atoms with E-state index in [4.69, 9.17) is 4.99 Å². The van der Waals surface area contributed by atoms with Crippen molar-refractivity contribution >= 4 is 11.6 Å². The third-order valence-electron chi connectivity index (χ3n) is 5.33. The molecule has 0 fully saturated rings. The number of aryl methyl sites for hydroxylation is 1. The lowest BCUT2D eigenvalue weighted by molar-refractivity contribution is 0.632. The number of nitrogens with one attached hydrogen (secondary N) is 2. The average Bonchev–Trinajstić information content (AvgIpc) is 3.11. The lowest BCUT2D eigenvalue weighted by Gasteiger charge is -2.28. The van der Waals surface area contributed by atoms with Crippen LogP contribution in [-0.4, -0.2) is 5.96 Å². The Hall–Kier alpha value is -3.07. The first-order valence-electron chi connectivity index (χ1n) is 9.21. The molecule has 3 heteroatoms. The van der Waals surface area contributed by atoms with Crippen molar-refractivity contribution in [2.75, 3.05) is 5.32 Å². The number of guanidine groups is 1. The summed E-state index contributed by atoms with van der Waals surface area (Å²) in [5, 5.41) is 7.15. The highest BCUT2D eigenvalue weighted by Gasteiger charge is 2.27. The number of rotatable bonds is 2. The molecule has 128 valence electrons. The first kappa shape index (κ1) is 15.2. The van der Waals surface area contributed by atoms with Gasteiger partial charge in [-0.15, -0.1) is 0 Å². The first-order chi connectivity index (χ1) is 12.9. The van der Waals surface area contributed by atoms with E-state index >= 15 is 0 Å². The Morgan fingerprint density at radius 1 is 0.808 bits per heavy atom.